The van der Waals surface area contributed by atoms with E-state index in [1.54, 1.807) is 24.5 Å². The molecule has 0 saturated carbocycles. The van der Waals surface area contributed by atoms with Crippen LogP contribution in [0.2, 0.25) is 0 Å². The Morgan fingerprint density at radius 1 is 1.08 bits per heavy atom. The molecule has 1 aliphatic rings. The fourth-order valence-corrected chi connectivity index (χ4v) is 3.29. The summed E-state index contributed by atoms with van der Waals surface area (Å²) >= 11 is 0. The van der Waals surface area contributed by atoms with Crippen molar-refractivity contribution in [2.75, 3.05) is 23.3 Å². The number of carbonyl (C=O) groups excluding carboxylic acids is 1. The number of amides is 1. The van der Waals surface area contributed by atoms with Crippen molar-refractivity contribution in [1.29, 1.82) is 0 Å². The van der Waals surface area contributed by atoms with Crippen molar-refractivity contribution in [3.63, 3.8) is 0 Å². The fourth-order valence-electron chi connectivity index (χ4n) is 3.29. The Labute approximate surface area is 140 Å². The summed E-state index contributed by atoms with van der Waals surface area (Å²) < 4.78 is 5.16. The van der Waals surface area contributed by atoms with Crippen LogP contribution in [-0.2, 0) is 0 Å². The van der Waals surface area contributed by atoms with Crippen molar-refractivity contribution in [3.8, 4) is 0 Å². The normalized spacial score (nSPS) is 14.8. The molecule has 1 N–H and O–H groups in total. The van der Waals surface area contributed by atoms with Crippen molar-refractivity contribution in [3.05, 3.63) is 54.7 Å². The minimum Gasteiger partial charge on any atom is -0.459 e. The average Bonchev–Trinajstić information content (AvgIpc) is 3.17. The molecule has 5 nitrogen and oxygen atoms in total. The molecule has 2 aromatic heterocycles. The van der Waals surface area contributed by atoms with E-state index in [1.807, 2.05) is 12.1 Å². The maximum atomic E-state index is 12.3. The summed E-state index contributed by atoms with van der Waals surface area (Å²) in [7, 11) is 0. The van der Waals surface area contributed by atoms with Crippen LogP contribution in [0.1, 0.15) is 29.8 Å². The van der Waals surface area contributed by atoms with Gasteiger partial charge in [-0.2, -0.15) is 0 Å². The Bertz CT molecular complexity index is 852. The van der Waals surface area contributed by atoms with Gasteiger partial charge < -0.3 is 14.6 Å². The Hall–Kier alpha value is -2.82. The van der Waals surface area contributed by atoms with Crippen LogP contribution in [0.3, 0.4) is 0 Å². The first-order chi connectivity index (χ1) is 11.8. The molecule has 0 atom stereocenters. The highest BCUT2D eigenvalue weighted by molar-refractivity contribution is 6.10. The molecule has 0 aliphatic carbocycles. The van der Waals surface area contributed by atoms with Crippen molar-refractivity contribution >= 4 is 28.1 Å². The third kappa shape index (κ3) is 2.73. The van der Waals surface area contributed by atoms with Crippen LogP contribution in [0, 0.1) is 0 Å². The molecule has 0 unspecified atom stereocenters. The molecule has 1 aromatic carbocycles. The molecule has 1 fully saturated rings. The predicted octanol–water partition coefficient (Wildman–Crippen LogP) is 4.07. The maximum Gasteiger partial charge on any atom is 0.291 e. The van der Waals surface area contributed by atoms with Crippen molar-refractivity contribution in [2.24, 2.45) is 0 Å². The highest BCUT2D eigenvalue weighted by atomic mass is 16.3. The first kappa shape index (κ1) is 14.8. The van der Waals surface area contributed by atoms with Gasteiger partial charge in [-0.1, -0.05) is 0 Å². The number of rotatable bonds is 3. The van der Waals surface area contributed by atoms with Crippen LogP contribution in [0.5, 0.6) is 0 Å². The molecule has 1 aliphatic heterocycles. The lowest BCUT2D eigenvalue weighted by molar-refractivity contribution is 0.0997. The van der Waals surface area contributed by atoms with Crippen LogP contribution >= 0.6 is 0 Å². The highest BCUT2D eigenvalue weighted by Gasteiger charge is 2.16. The summed E-state index contributed by atoms with van der Waals surface area (Å²) in [4.78, 5) is 18.9. The molecule has 122 valence electrons. The lowest BCUT2D eigenvalue weighted by Crippen LogP contribution is -2.29. The van der Waals surface area contributed by atoms with Gasteiger partial charge in [-0.25, -0.2) is 0 Å². The highest BCUT2D eigenvalue weighted by Crippen LogP contribution is 2.33. The van der Waals surface area contributed by atoms with Crippen molar-refractivity contribution < 1.29 is 9.21 Å². The van der Waals surface area contributed by atoms with Gasteiger partial charge in [-0.15, -0.1) is 0 Å². The number of nitrogens with zero attached hydrogens (tertiary/aromatic N) is 2. The minimum absolute atomic E-state index is 0.254. The number of furan rings is 1. The number of nitrogens with one attached hydrogen (secondary N) is 1. The van der Waals surface area contributed by atoms with E-state index in [0.29, 0.717) is 5.76 Å². The smallest absolute Gasteiger partial charge is 0.291 e. The first-order valence-electron chi connectivity index (χ1n) is 8.29. The molecule has 24 heavy (non-hydrogen) atoms. The molecular weight excluding hydrogens is 302 g/mol. The molecule has 1 saturated heterocycles. The zero-order valence-electron chi connectivity index (χ0n) is 13.4. The number of benzene rings is 1. The Kier molecular flexibility index (Phi) is 3.91. The van der Waals surface area contributed by atoms with Gasteiger partial charge in [0.2, 0.25) is 0 Å². The van der Waals surface area contributed by atoms with Crippen molar-refractivity contribution in [2.45, 2.75) is 19.3 Å². The van der Waals surface area contributed by atoms with E-state index < -0.39 is 0 Å². The van der Waals surface area contributed by atoms with E-state index in [-0.39, 0.29) is 5.91 Å². The van der Waals surface area contributed by atoms with E-state index in [4.69, 9.17) is 4.42 Å². The number of fused-ring (bicyclic) bond motifs is 1. The second-order valence-electron chi connectivity index (χ2n) is 6.03. The molecule has 3 aromatic rings. The van der Waals surface area contributed by atoms with E-state index in [0.717, 1.165) is 29.5 Å². The molecule has 4 rings (SSSR count). The predicted molar refractivity (Wildman–Crippen MR) is 94.5 cm³/mol. The van der Waals surface area contributed by atoms with Crippen LogP contribution in [0.4, 0.5) is 11.4 Å². The molecule has 0 radical (unpaired) electrons. The van der Waals surface area contributed by atoms with Gasteiger partial charge in [0.1, 0.15) is 0 Å². The number of aromatic nitrogens is 1. The summed E-state index contributed by atoms with van der Waals surface area (Å²) in [5.74, 6) is 0.0445. The number of anilines is 2. The first-order valence-corrected chi connectivity index (χ1v) is 8.29. The molecule has 5 heteroatoms. The van der Waals surface area contributed by atoms with Gasteiger partial charge in [-0.3, -0.25) is 9.78 Å². The summed E-state index contributed by atoms with van der Waals surface area (Å²) in [5.41, 5.74) is 1.96. The fraction of sp³-hybridized carbons (Fsp3) is 0.263. The Balaban J connectivity index is 1.71. The molecule has 0 spiro atoms. The monoisotopic (exact) mass is 321 g/mol. The summed E-state index contributed by atoms with van der Waals surface area (Å²) in [5, 5.41) is 4.99. The topological polar surface area (TPSA) is 58.4 Å². The van der Waals surface area contributed by atoms with E-state index in [2.05, 4.69) is 21.3 Å². The number of carbonyl (C=O) groups is 1. The van der Waals surface area contributed by atoms with Gasteiger partial charge in [0, 0.05) is 41.9 Å². The van der Waals surface area contributed by atoms with Crippen LogP contribution in [0.15, 0.2) is 53.4 Å². The summed E-state index contributed by atoms with van der Waals surface area (Å²) in [6, 6.07) is 9.41. The van der Waals surface area contributed by atoms with E-state index >= 15 is 0 Å². The number of piperidine rings is 1. The van der Waals surface area contributed by atoms with Crippen LogP contribution < -0.4 is 10.2 Å². The van der Waals surface area contributed by atoms with Gasteiger partial charge in [0.15, 0.2) is 5.76 Å². The number of hydrogen-bond donors (Lipinski definition) is 1. The Morgan fingerprint density at radius 3 is 2.75 bits per heavy atom. The lowest BCUT2D eigenvalue weighted by atomic mass is 10.1. The number of pyridine rings is 1. The average molecular weight is 321 g/mol. The summed E-state index contributed by atoms with van der Waals surface area (Å²) in [6.07, 6.45) is 8.85. The van der Waals surface area contributed by atoms with Gasteiger partial charge in [-0.05, 0) is 49.6 Å². The second-order valence-corrected chi connectivity index (χ2v) is 6.03. The minimum atomic E-state index is -0.254. The van der Waals surface area contributed by atoms with Crippen molar-refractivity contribution in [1.82, 2.24) is 4.98 Å². The number of hydrogen-bond acceptors (Lipinski definition) is 4. The molecule has 3 heterocycles. The zero-order chi connectivity index (χ0) is 16.4. The Morgan fingerprint density at radius 2 is 1.96 bits per heavy atom. The SMILES string of the molecule is O=C(Nc1ccc(N2CCCCC2)c2ccncc12)c1ccco1. The maximum absolute atomic E-state index is 12.3. The molecule has 1 amide bonds. The van der Waals surface area contributed by atoms with E-state index in [9.17, 15) is 4.79 Å². The van der Waals surface area contributed by atoms with Crippen LogP contribution in [-0.4, -0.2) is 24.0 Å². The zero-order valence-corrected chi connectivity index (χ0v) is 13.4. The quantitative estimate of drug-likeness (QED) is 0.790. The summed E-state index contributed by atoms with van der Waals surface area (Å²) in [6.45, 7) is 2.16. The lowest BCUT2D eigenvalue weighted by Gasteiger charge is -2.30. The molecular formula is C19H19N3O2. The van der Waals surface area contributed by atoms with Gasteiger partial charge >= 0.3 is 0 Å². The third-order valence-electron chi connectivity index (χ3n) is 4.48. The standard InChI is InChI=1S/C19H19N3O2/c23-19(18-5-4-12-24-18)21-16-6-7-17(22-10-2-1-3-11-22)14-8-9-20-13-15(14)16/h4-9,12-13H,1-3,10-11H2,(H,21,23). The van der Waals surface area contributed by atoms with Crippen LogP contribution in [0.25, 0.3) is 10.8 Å². The van der Waals surface area contributed by atoms with E-state index in [1.165, 1.54) is 31.2 Å². The van der Waals surface area contributed by atoms with Gasteiger partial charge in [0.25, 0.3) is 5.91 Å². The second kappa shape index (κ2) is 6.35. The molecule has 0 bridgehead atoms. The van der Waals surface area contributed by atoms with Gasteiger partial charge in [0.05, 0.1) is 12.0 Å². The largest absolute Gasteiger partial charge is 0.459 e. The third-order valence-corrected chi connectivity index (χ3v) is 4.48.